The fourth-order valence-electron chi connectivity index (χ4n) is 7.27. The topological polar surface area (TPSA) is 231 Å². The van der Waals surface area contributed by atoms with Crippen molar-refractivity contribution in [3.05, 3.63) is 36.5 Å². The Morgan fingerprint density at radius 1 is 0.532 bits per heavy atom. The third-order valence-corrected chi connectivity index (χ3v) is 11.2. The van der Waals surface area contributed by atoms with Crippen LogP contribution in [0, 0.1) is 0 Å². The number of hydrogen-bond donors (Lipinski definition) is 7. The molecular weight excluding hydrogens is 805 g/mol. The van der Waals surface area contributed by atoms with E-state index in [4.69, 9.17) is 28.4 Å². The highest BCUT2D eigenvalue weighted by atomic mass is 16.7. The Hall–Kier alpha value is -2.28. The van der Waals surface area contributed by atoms with Crippen molar-refractivity contribution in [3.63, 3.8) is 0 Å². The Labute approximate surface area is 370 Å². The van der Waals surface area contributed by atoms with E-state index in [2.05, 4.69) is 26.0 Å². The van der Waals surface area contributed by atoms with Gasteiger partial charge in [0.05, 0.1) is 19.8 Å². The predicted octanol–water partition coefficient (Wildman–Crippen LogP) is 5.37. The van der Waals surface area contributed by atoms with Crippen molar-refractivity contribution in [2.75, 3.05) is 26.4 Å². The van der Waals surface area contributed by atoms with Gasteiger partial charge in [0.2, 0.25) is 0 Å². The lowest BCUT2D eigenvalue weighted by atomic mass is 9.98. The number of esters is 2. The molecule has 0 amide bonds. The minimum Gasteiger partial charge on any atom is -0.462 e. The van der Waals surface area contributed by atoms with E-state index in [-0.39, 0.29) is 26.1 Å². The second-order valence-electron chi connectivity index (χ2n) is 16.6. The monoisotopic (exact) mass is 887 g/mol. The Morgan fingerprint density at radius 3 is 1.58 bits per heavy atom. The summed E-state index contributed by atoms with van der Waals surface area (Å²) in [4.78, 5) is 25.6. The maximum atomic E-state index is 12.9. The first-order valence-corrected chi connectivity index (χ1v) is 23.6. The van der Waals surface area contributed by atoms with Gasteiger partial charge in [0.25, 0.3) is 0 Å². The van der Waals surface area contributed by atoms with Crippen molar-refractivity contribution in [2.45, 2.75) is 223 Å². The first-order chi connectivity index (χ1) is 30.0. The predicted molar refractivity (Wildman–Crippen MR) is 234 cm³/mol. The number of rotatable bonds is 35. The number of aliphatic hydroxyl groups is 7. The van der Waals surface area contributed by atoms with Gasteiger partial charge in [-0.15, -0.1) is 0 Å². The molecule has 11 atom stereocenters. The minimum atomic E-state index is -1.77. The number of aliphatic hydroxyl groups excluding tert-OH is 7. The van der Waals surface area contributed by atoms with Gasteiger partial charge in [-0.1, -0.05) is 147 Å². The van der Waals surface area contributed by atoms with Crippen LogP contribution in [0.4, 0.5) is 0 Å². The van der Waals surface area contributed by atoms with Gasteiger partial charge in [-0.05, 0) is 32.1 Å². The summed E-state index contributed by atoms with van der Waals surface area (Å²) in [7, 11) is 0. The molecule has 0 aromatic rings. The summed E-state index contributed by atoms with van der Waals surface area (Å²) in [5.74, 6) is -0.949. The van der Waals surface area contributed by atoms with Gasteiger partial charge >= 0.3 is 11.9 Å². The average molecular weight is 887 g/mol. The second-order valence-corrected chi connectivity index (χ2v) is 16.6. The van der Waals surface area contributed by atoms with Crippen LogP contribution in [-0.4, -0.2) is 142 Å². The van der Waals surface area contributed by atoms with Crippen LogP contribution in [0.15, 0.2) is 36.5 Å². The number of ether oxygens (including phenoxy) is 6. The zero-order chi connectivity index (χ0) is 45.4. The number of allylic oxidation sites excluding steroid dienone is 6. The lowest BCUT2D eigenvalue weighted by Crippen LogP contribution is -2.61. The quantitative estimate of drug-likeness (QED) is 0.0241. The van der Waals surface area contributed by atoms with E-state index in [1.165, 1.54) is 57.8 Å². The van der Waals surface area contributed by atoms with Gasteiger partial charge in [-0.2, -0.15) is 0 Å². The molecule has 2 fully saturated rings. The molecule has 2 saturated heterocycles. The van der Waals surface area contributed by atoms with Gasteiger partial charge in [-0.25, -0.2) is 0 Å². The molecule has 0 aliphatic carbocycles. The van der Waals surface area contributed by atoms with E-state index < -0.39 is 92.7 Å². The number of hydrogen-bond acceptors (Lipinski definition) is 15. The smallest absolute Gasteiger partial charge is 0.306 e. The molecule has 0 radical (unpaired) electrons. The van der Waals surface area contributed by atoms with Crippen LogP contribution in [0.3, 0.4) is 0 Å². The van der Waals surface area contributed by atoms with E-state index in [9.17, 15) is 45.3 Å². The minimum absolute atomic E-state index is 0.143. The summed E-state index contributed by atoms with van der Waals surface area (Å²) in [5, 5.41) is 71.9. The molecule has 0 aromatic heterocycles. The number of carbonyl (C=O) groups is 2. The summed E-state index contributed by atoms with van der Waals surface area (Å²) in [6.45, 7) is 2.42. The van der Waals surface area contributed by atoms with E-state index in [1.807, 2.05) is 24.3 Å². The summed E-state index contributed by atoms with van der Waals surface area (Å²) in [6, 6.07) is 0. The molecule has 2 heterocycles. The molecular formula is C47H82O15. The van der Waals surface area contributed by atoms with Crippen molar-refractivity contribution >= 4 is 11.9 Å². The number of carbonyl (C=O) groups excluding carboxylic acids is 2. The van der Waals surface area contributed by atoms with E-state index in [0.717, 1.165) is 57.8 Å². The van der Waals surface area contributed by atoms with E-state index >= 15 is 0 Å². The summed E-state index contributed by atoms with van der Waals surface area (Å²) in [6.07, 6.45) is 17.6. The molecule has 15 nitrogen and oxygen atoms in total. The molecule has 2 aliphatic rings. The lowest BCUT2D eigenvalue weighted by Gasteiger charge is -2.42. The molecule has 5 unspecified atom stereocenters. The van der Waals surface area contributed by atoms with E-state index in [1.54, 1.807) is 0 Å². The van der Waals surface area contributed by atoms with Crippen molar-refractivity contribution in [3.8, 4) is 0 Å². The Kier molecular flexibility index (Phi) is 31.6. The van der Waals surface area contributed by atoms with Gasteiger partial charge < -0.3 is 64.2 Å². The number of unbranched alkanes of at least 4 members (excludes halogenated alkanes) is 17. The first-order valence-electron chi connectivity index (χ1n) is 23.6. The van der Waals surface area contributed by atoms with Crippen molar-refractivity contribution < 1.29 is 73.8 Å². The summed E-state index contributed by atoms with van der Waals surface area (Å²) < 4.78 is 33.5. The molecule has 2 rings (SSSR count). The van der Waals surface area contributed by atoms with Crippen LogP contribution in [0.5, 0.6) is 0 Å². The summed E-state index contributed by atoms with van der Waals surface area (Å²) >= 11 is 0. The zero-order valence-electron chi connectivity index (χ0n) is 37.6. The van der Waals surface area contributed by atoms with Crippen molar-refractivity contribution in [2.24, 2.45) is 0 Å². The highest BCUT2D eigenvalue weighted by Crippen LogP contribution is 2.26. The fraction of sp³-hybridized carbons (Fsp3) is 0.830. The van der Waals surface area contributed by atoms with Crippen LogP contribution in [0.2, 0.25) is 0 Å². The van der Waals surface area contributed by atoms with Crippen LogP contribution < -0.4 is 0 Å². The molecule has 0 bridgehead atoms. The third kappa shape index (κ3) is 23.6. The van der Waals surface area contributed by atoms with Crippen LogP contribution >= 0.6 is 0 Å². The van der Waals surface area contributed by atoms with Gasteiger partial charge in [0.15, 0.2) is 18.7 Å². The molecule has 0 saturated carbocycles. The first kappa shape index (κ1) is 55.9. The lowest BCUT2D eigenvalue weighted by molar-refractivity contribution is -0.332. The molecule has 360 valence electrons. The highest BCUT2D eigenvalue weighted by molar-refractivity contribution is 5.70. The maximum Gasteiger partial charge on any atom is 0.306 e. The Balaban J connectivity index is 1.85. The molecule has 2 aliphatic heterocycles. The molecule has 7 N–H and O–H groups in total. The second kappa shape index (κ2) is 35.0. The molecule has 0 spiro atoms. The van der Waals surface area contributed by atoms with Crippen LogP contribution in [0.25, 0.3) is 0 Å². The standard InChI is InChI=1S/C47H82O15/c1-3-5-7-9-11-13-15-17-19-21-23-25-27-29-38(49)57-32-35(60-39(50)30-28-26-24-22-20-18-16-14-12-10-8-6-4-2)33-58-46-45(56)43(54)41(52)37(62-46)34-59-47-44(55)42(53)40(51)36(31-48)61-47/h6,8,10,12,14,16,35-37,40-48,51-56H,3-5,7,9,11,13,15,17-34H2,1-2H3/b8-6+,12-10+,16-14+/t35?,36-,37-,40+,41+,42?,43?,44?,45?,46-,47-/m1/s1. The molecule has 62 heavy (non-hydrogen) atoms. The van der Waals surface area contributed by atoms with Crippen LogP contribution in [-0.2, 0) is 38.0 Å². The largest absolute Gasteiger partial charge is 0.462 e. The van der Waals surface area contributed by atoms with Gasteiger partial charge in [0.1, 0.15) is 55.4 Å². The SMILES string of the molecule is CC/C=C/C=C/C=C/CCCCCCCC(=O)OC(COC(=O)CCCCCCCCCCCCCCC)CO[C@@H]1O[C@H](CO[C@@H]2O[C@H](CO)[C@H](O)C(O)C2O)[C@H](O)C(O)C1O. The highest BCUT2D eigenvalue weighted by Gasteiger charge is 2.47. The molecule has 15 heteroatoms. The van der Waals surface area contributed by atoms with E-state index in [0.29, 0.717) is 12.8 Å². The van der Waals surface area contributed by atoms with Crippen molar-refractivity contribution in [1.29, 1.82) is 0 Å². The maximum absolute atomic E-state index is 12.9. The van der Waals surface area contributed by atoms with Crippen molar-refractivity contribution in [1.82, 2.24) is 0 Å². The average Bonchev–Trinajstić information content (AvgIpc) is 3.26. The fourth-order valence-corrected chi connectivity index (χ4v) is 7.27. The summed E-state index contributed by atoms with van der Waals surface area (Å²) in [5.41, 5.74) is 0. The molecule has 0 aromatic carbocycles. The Morgan fingerprint density at radius 2 is 1.02 bits per heavy atom. The third-order valence-electron chi connectivity index (χ3n) is 11.2. The van der Waals surface area contributed by atoms with Gasteiger partial charge in [-0.3, -0.25) is 9.59 Å². The zero-order valence-corrected chi connectivity index (χ0v) is 37.6. The van der Waals surface area contributed by atoms with Gasteiger partial charge in [0, 0.05) is 12.8 Å². The van der Waals surface area contributed by atoms with Crippen LogP contribution in [0.1, 0.15) is 155 Å². The normalized spacial score (nSPS) is 27.4. The Bertz CT molecular complexity index is 1230.